The summed E-state index contributed by atoms with van der Waals surface area (Å²) in [6, 6.07) is 15.0. The standard InChI is InChI=1S/C17H14N4O3/c1-11-3-2-4-13(9-11)15-10-16(20-19-15)18-17(22)12-5-7-14(8-6-12)21(23)24/h2-10H,1H3,(H2,18,19,20,22). The van der Waals surface area contributed by atoms with Gasteiger partial charge in [0.25, 0.3) is 11.6 Å². The van der Waals surface area contributed by atoms with E-state index < -0.39 is 4.92 Å². The number of amides is 1. The maximum Gasteiger partial charge on any atom is 0.269 e. The molecule has 0 aliphatic rings. The highest BCUT2D eigenvalue weighted by atomic mass is 16.6. The predicted molar refractivity (Wildman–Crippen MR) is 89.8 cm³/mol. The van der Waals surface area contributed by atoms with Crippen LogP contribution in [0.1, 0.15) is 15.9 Å². The molecule has 0 bridgehead atoms. The third kappa shape index (κ3) is 3.30. The van der Waals surface area contributed by atoms with Gasteiger partial charge < -0.3 is 5.32 Å². The van der Waals surface area contributed by atoms with E-state index in [2.05, 4.69) is 15.5 Å². The molecule has 0 spiro atoms. The number of aromatic amines is 1. The number of benzene rings is 2. The number of non-ortho nitro benzene ring substituents is 1. The molecule has 0 fully saturated rings. The second-order valence-corrected chi connectivity index (χ2v) is 5.29. The van der Waals surface area contributed by atoms with Crippen molar-refractivity contribution in [3.63, 3.8) is 0 Å². The Bertz CT molecular complexity index is 900. The fourth-order valence-corrected chi connectivity index (χ4v) is 2.27. The highest BCUT2D eigenvalue weighted by molar-refractivity contribution is 6.04. The number of nitro groups is 1. The van der Waals surface area contributed by atoms with Crippen LogP contribution >= 0.6 is 0 Å². The minimum absolute atomic E-state index is 0.0620. The lowest BCUT2D eigenvalue weighted by Gasteiger charge is -2.01. The van der Waals surface area contributed by atoms with Crippen LogP contribution in [0.15, 0.2) is 54.6 Å². The van der Waals surface area contributed by atoms with Gasteiger partial charge in [0.15, 0.2) is 5.82 Å². The lowest BCUT2D eigenvalue weighted by atomic mass is 10.1. The molecule has 1 amide bonds. The SMILES string of the molecule is Cc1cccc(-c2cc(NC(=O)c3ccc([N+](=O)[O-])cc3)n[nH]2)c1. The van der Waals surface area contributed by atoms with E-state index >= 15 is 0 Å². The monoisotopic (exact) mass is 322 g/mol. The van der Waals surface area contributed by atoms with Crippen molar-refractivity contribution < 1.29 is 9.72 Å². The minimum Gasteiger partial charge on any atom is -0.305 e. The van der Waals surface area contributed by atoms with Crippen LogP contribution in [0.4, 0.5) is 11.5 Å². The number of aryl methyl sites for hydroxylation is 1. The van der Waals surface area contributed by atoms with Gasteiger partial charge in [0.05, 0.1) is 10.6 Å². The van der Waals surface area contributed by atoms with Crippen LogP contribution in [0.5, 0.6) is 0 Å². The second kappa shape index (κ2) is 6.33. The number of aromatic nitrogens is 2. The molecule has 0 saturated carbocycles. The van der Waals surface area contributed by atoms with Gasteiger partial charge in [-0.1, -0.05) is 23.8 Å². The van der Waals surface area contributed by atoms with Crippen molar-refractivity contribution in [2.75, 3.05) is 5.32 Å². The first-order chi connectivity index (χ1) is 11.5. The van der Waals surface area contributed by atoms with Crippen molar-refractivity contribution in [3.8, 4) is 11.3 Å². The van der Waals surface area contributed by atoms with Gasteiger partial charge in [-0.15, -0.1) is 0 Å². The average molecular weight is 322 g/mol. The number of nitrogens with one attached hydrogen (secondary N) is 2. The maximum absolute atomic E-state index is 12.2. The lowest BCUT2D eigenvalue weighted by Crippen LogP contribution is -2.12. The number of nitrogens with zero attached hydrogens (tertiary/aromatic N) is 2. The Morgan fingerprint density at radius 3 is 2.58 bits per heavy atom. The molecule has 120 valence electrons. The van der Waals surface area contributed by atoms with Crippen molar-refractivity contribution in [1.82, 2.24) is 10.2 Å². The van der Waals surface area contributed by atoms with E-state index in [1.54, 1.807) is 6.07 Å². The summed E-state index contributed by atoms with van der Waals surface area (Å²) in [6.45, 7) is 2.00. The van der Waals surface area contributed by atoms with Crippen LogP contribution < -0.4 is 5.32 Å². The summed E-state index contributed by atoms with van der Waals surface area (Å²) < 4.78 is 0. The van der Waals surface area contributed by atoms with Gasteiger partial charge >= 0.3 is 0 Å². The number of rotatable bonds is 4. The summed E-state index contributed by atoms with van der Waals surface area (Å²) in [5.74, 6) is 0.00190. The first-order valence-corrected chi connectivity index (χ1v) is 7.21. The van der Waals surface area contributed by atoms with E-state index in [9.17, 15) is 14.9 Å². The lowest BCUT2D eigenvalue weighted by molar-refractivity contribution is -0.384. The number of H-pyrrole nitrogens is 1. The summed E-state index contributed by atoms with van der Waals surface area (Å²) in [4.78, 5) is 22.3. The molecule has 1 aromatic heterocycles. The van der Waals surface area contributed by atoms with Crippen molar-refractivity contribution in [1.29, 1.82) is 0 Å². The predicted octanol–water partition coefficient (Wildman–Crippen LogP) is 3.55. The zero-order valence-electron chi connectivity index (χ0n) is 12.8. The van der Waals surface area contributed by atoms with Crippen molar-refractivity contribution in [2.24, 2.45) is 0 Å². The molecule has 2 N–H and O–H groups in total. The Morgan fingerprint density at radius 2 is 1.92 bits per heavy atom. The molecule has 24 heavy (non-hydrogen) atoms. The van der Waals surface area contributed by atoms with E-state index in [0.717, 1.165) is 16.8 Å². The second-order valence-electron chi connectivity index (χ2n) is 5.29. The number of carbonyl (C=O) groups is 1. The van der Waals surface area contributed by atoms with E-state index in [0.29, 0.717) is 11.4 Å². The quantitative estimate of drug-likeness (QED) is 0.566. The van der Waals surface area contributed by atoms with Crippen molar-refractivity contribution >= 4 is 17.4 Å². The number of hydrogen-bond donors (Lipinski definition) is 2. The van der Waals surface area contributed by atoms with Crippen molar-refractivity contribution in [2.45, 2.75) is 6.92 Å². The van der Waals surface area contributed by atoms with Crippen LogP contribution in [0.25, 0.3) is 11.3 Å². The smallest absolute Gasteiger partial charge is 0.269 e. The molecule has 0 atom stereocenters. The molecule has 1 heterocycles. The van der Waals surface area contributed by atoms with Gasteiger partial charge in [0.1, 0.15) is 0 Å². The zero-order valence-corrected chi connectivity index (χ0v) is 12.8. The average Bonchev–Trinajstić information content (AvgIpc) is 3.03. The van der Waals surface area contributed by atoms with Gasteiger partial charge in [-0.3, -0.25) is 20.0 Å². The van der Waals surface area contributed by atoms with E-state index in [4.69, 9.17) is 0 Å². The van der Waals surface area contributed by atoms with Gasteiger partial charge in [-0.05, 0) is 30.7 Å². The first kappa shape index (κ1) is 15.4. The van der Waals surface area contributed by atoms with E-state index in [-0.39, 0.29) is 11.6 Å². The molecule has 0 saturated heterocycles. The van der Waals surface area contributed by atoms with Crippen LogP contribution in [0.3, 0.4) is 0 Å². The zero-order chi connectivity index (χ0) is 17.1. The number of anilines is 1. The fraction of sp³-hybridized carbons (Fsp3) is 0.0588. The van der Waals surface area contributed by atoms with Crippen LogP contribution in [0.2, 0.25) is 0 Å². The number of nitro benzene ring substituents is 1. The Labute approximate surface area is 137 Å². The summed E-state index contributed by atoms with van der Waals surface area (Å²) in [6.07, 6.45) is 0. The fourth-order valence-electron chi connectivity index (χ4n) is 2.27. The molecule has 7 heteroatoms. The largest absolute Gasteiger partial charge is 0.305 e. The van der Waals surface area contributed by atoms with Gasteiger partial charge in [0.2, 0.25) is 0 Å². The van der Waals surface area contributed by atoms with Gasteiger partial charge in [0, 0.05) is 23.8 Å². The van der Waals surface area contributed by atoms with Gasteiger partial charge in [-0.25, -0.2) is 0 Å². The molecule has 3 rings (SSSR count). The molecule has 2 aromatic carbocycles. The molecular weight excluding hydrogens is 308 g/mol. The molecule has 0 aliphatic carbocycles. The van der Waals surface area contributed by atoms with Crippen LogP contribution in [-0.4, -0.2) is 21.0 Å². The Morgan fingerprint density at radius 1 is 1.17 bits per heavy atom. The highest BCUT2D eigenvalue weighted by Crippen LogP contribution is 2.21. The molecule has 0 unspecified atom stereocenters. The maximum atomic E-state index is 12.2. The Hall–Kier alpha value is -3.48. The normalized spacial score (nSPS) is 10.4. The number of hydrogen-bond acceptors (Lipinski definition) is 4. The Balaban J connectivity index is 1.74. The van der Waals surface area contributed by atoms with Crippen molar-refractivity contribution in [3.05, 3.63) is 75.8 Å². The minimum atomic E-state index is -0.510. The van der Waals surface area contributed by atoms with Crippen LogP contribution in [-0.2, 0) is 0 Å². The number of carbonyl (C=O) groups excluding carboxylic acids is 1. The molecule has 3 aromatic rings. The summed E-state index contributed by atoms with van der Waals surface area (Å²) in [5, 5.41) is 20.2. The highest BCUT2D eigenvalue weighted by Gasteiger charge is 2.11. The molecule has 7 nitrogen and oxygen atoms in total. The van der Waals surface area contributed by atoms with E-state index in [1.165, 1.54) is 24.3 Å². The summed E-state index contributed by atoms with van der Waals surface area (Å²) in [7, 11) is 0. The summed E-state index contributed by atoms with van der Waals surface area (Å²) >= 11 is 0. The molecular formula is C17H14N4O3. The molecule has 0 radical (unpaired) electrons. The Kier molecular flexibility index (Phi) is 4.07. The third-order valence-electron chi connectivity index (χ3n) is 3.49. The topological polar surface area (TPSA) is 101 Å². The molecule has 0 aliphatic heterocycles. The van der Waals surface area contributed by atoms with E-state index in [1.807, 2.05) is 31.2 Å². The first-order valence-electron chi connectivity index (χ1n) is 7.21. The van der Waals surface area contributed by atoms with Gasteiger partial charge in [-0.2, -0.15) is 5.10 Å². The third-order valence-corrected chi connectivity index (χ3v) is 3.49. The summed E-state index contributed by atoms with van der Waals surface area (Å²) in [5.41, 5.74) is 3.14. The van der Waals surface area contributed by atoms with Crippen LogP contribution in [0, 0.1) is 17.0 Å².